The van der Waals surface area contributed by atoms with Crippen LogP contribution in [0.1, 0.15) is 40.8 Å². The van der Waals surface area contributed by atoms with Crippen LogP contribution in [0.3, 0.4) is 0 Å². The lowest BCUT2D eigenvalue weighted by Gasteiger charge is -2.25. The number of Topliss-reactive ketones (excluding diaryl/α,β-unsaturated/α-hetero) is 1. The number of aromatic nitrogens is 1. The van der Waals surface area contributed by atoms with Gasteiger partial charge >= 0.3 is 0 Å². The third kappa shape index (κ3) is 4.81. The molecule has 4 aromatic rings. The molecule has 1 aliphatic rings. The summed E-state index contributed by atoms with van der Waals surface area (Å²) in [5.41, 5.74) is 4.64. The molecule has 6 heteroatoms. The molecule has 0 radical (unpaired) electrons. The highest BCUT2D eigenvalue weighted by Gasteiger charge is 2.47. The second-order valence-electron chi connectivity index (χ2n) is 9.23. The SMILES string of the molecule is CCc1ccc(N2C(=O)C(=O)/C(=C(\O)c3ccc(OCc4ccccc4)c(C)c3)C2c2cccnc2)cc1. The second kappa shape index (κ2) is 10.7. The molecule has 1 atom stereocenters. The van der Waals surface area contributed by atoms with E-state index in [1.54, 1.807) is 42.7 Å². The summed E-state index contributed by atoms with van der Waals surface area (Å²) >= 11 is 0. The van der Waals surface area contributed by atoms with E-state index in [-0.39, 0.29) is 11.3 Å². The fourth-order valence-electron chi connectivity index (χ4n) is 4.69. The molecule has 1 aromatic heterocycles. The molecular weight excluding hydrogens is 476 g/mol. The molecule has 1 N–H and O–H groups in total. The van der Waals surface area contributed by atoms with E-state index in [9.17, 15) is 14.7 Å². The largest absolute Gasteiger partial charge is 0.507 e. The fourth-order valence-corrected chi connectivity index (χ4v) is 4.69. The zero-order valence-electron chi connectivity index (χ0n) is 21.3. The van der Waals surface area contributed by atoms with Crippen LogP contribution in [0, 0.1) is 6.92 Å². The zero-order chi connectivity index (χ0) is 26.6. The molecule has 1 amide bonds. The lowest BCUT2D eigenvalue weighted by molar-refractivity contribution is -0.132. The van der Waals surface area contributed by atoms with Gasteiger partial charge in [-0.15, -0.1) is 0 Å². The number of anilines is 1. The maximum absolute atomic E-state index is 13.4. The van der Waals surface area contributed by atoms with E-state index >= 15 is 0 Å². The summed E-state index contributed by atoms with van der Waals surface area (Å²) in [5, 5.41) is 11.4. The van der Waals surface area contributed by atoms with Gasteiger partial charge in [0, 0.05) is 23.6 Å². The first kappa shape index (κ1) is 25.0. The van der Waals surface area contributed by atoms with Crippen LogP contribution in [0.25, 0.3) is 5.76 Å². The van der Waals surface area contributed by atoms with E-state index in [1.807, 2.05) is 61.5 Å². The van der Waals surface area contributed by atoms with Crippen LogP contribution in [0.5, 0.6) is 5.75 Å². The number of amides is 1. The van der Waals surface area contributed by atoms with E-state index in [0.717, 1.165) is 23.1 Å². The van der Waals surface area contributed by atoms with Gasteiger partial charge in [-0.1, -0.05) is 55.5 Å². The normalized spacial score (nSPS) is 16.6. The highest BCUT2D eigenvalue weighted by atomic mass is 16.5. The lowest BCUT2D eigenvalue weighted by Crippen LogP contribution is -2.29. The molecule has 5 rings (SSSR count). The van der Waals surface area contributed by atoms with Crippen LogP contribution in [-0.4, -0.2) is 21.8 Å². The first-order valence-corrected chi connectivity index (χ1v) is 12.6. The van der Waals surface area contributed by atoms with Gasteiger partial charge in [-0.2, -0.15) is 0 Å². The molecule has 0 bridgehead atoms. The Labute approximate surface area is 221 Å². The number of hydrogen-bond donors (Lipinski definition) is 1. The van der Waals surface area contributed by atoms with E-state index in [1.165, 1.54) is 4.90 Å². The van der Waals surface area contributed by atoms with Crippen molar-refractivity contribution < 1.29 is 19.4 Å². The highest BCUT2D eigenvalue weighted by Crippen LogP contribution is 2.42. The van der Waals surface area contributed by atoms with Crippen molar-refractivity contribution in [3.8, 4) is 5.75 Å². The molecule has 0 saturated carbocycles. The van der Waals surface area contributed by atoms with Crippen LogP contribution in [0.15, 0.2) is 103 Å². The number of nitrogens with zero attached hydrogens (tertiary/aromatic N) is 2. The maximum atomic E-state index is 13.4. The predicted octanol–water partition coefficient (Wildman–Crippen LogP) is 6.16. The van der Waals surface area contributed by atoms with Crippen LogP contribution in [0.2, 0.25) is 0 Å². The molecule has 0 aliphatic carbocycles. The van der Waals surface area contributed by atoms with Crippen molar-refractivity contribution in [2.24, 2.45) is 0 Å². The quantitative estimate of drug-likeness (QED) is 0.185. The molecule has 2 heterocycles. The lowest BCUT2D eigenvalue weighted by atomic mass is 9.95. The second-order valence-corrected chi connectivity index (χ2v) is 9.23. The summed E-state index contributed by atoms with van der Waals surface area (Å²) in [6.07, 6.45) is 4.10. The van der Waals surface area contributed by atoms with Gasteiger partial charge in [0.1, 0.15) is 18.1 Å². The van der Waals surface area contributed by atoms with Gasteiger partial charge in [0.05, 0.1) is 11.6 Å². The molecular formula is C32H28N2O4. The van der Waals surface area contributed by atoms with E-state index in [2.05, 4.69) is 11.9 Å². The van der Waals surface area contributed by atoms with Gasteiger partial charge in [0.25, 0.3) is 11.7 Å². The van der Waals surface area contributed by atoms with Gasteiger partial charge < -0.3 is 9.84 Å². The number of rotatable bonds is 7. The number of carbonyl (C=O) groups excluding carboxylic acids is 2. The maximum Gasteiger partial charge on any atom is 0.300 e. The molecule has 1 saturated heterocycles. The van der Waals surface area contributed by atoms with Gasteiger partial charge in [0.2, 0.25) is 0 Å². The van der Waals surface area contributed by atoms with Gasteiger partial charge in [-0.3, -0.25) is 19.5 Å². The highest BCUT2D eigenvalue weighted by molar-refractivity contribution is 6.51. The average Bonchev–Trinajstić information content (AvgIpc) is 3.23. The van der Waals surface area contributed by atoms with E-state index in [0.29, 0.717) is 29.2 Å². The zero-order valence-corrected chi connectivity index (χ0v) is 21.3. The molecule has 1 unspecified atom stereocenters. The predicted molar refractivity (Wildman–Crippen MR) is 147 cm³/mol. The first-order valence-electron chi connectivity index (χ1n) is 12.6. The Bertz CT molecular complexity index is 1500. The smallest absolute Gasteiger partial charge is 0.300 e. The number of carbonyl (C=O) groups is 2. The number of aliphatic hydroxyl groups excluding tert-OH is 1. The van der Waals surface area contributed by atoms with Crippen LogP contribution < -0.4 is 9.64 Å². The third-order valence-corrected chi connectivity index (χ3v) is 6.75. The van der Waals surface area contributed by atoms with Crippen molar-refractivity contribution in [1.29, 1.82) is 0 Å². The molecule has 38 heavy (non-hydrogen) atoms. The van der Waals surface area contributed by atoms with Crippen molar-refractivity contribution in [2.45, 2.75) is 32.9 Å². The summed E-state index contributed by atoms with van der Waals surface area (Å²) < 4.78 is 5.97. The van der Waals surface area contributed by atoms with E-state index in [4.69, 9.17) is 4.74 Å². The minimum atomic E-state index is -0.814. The first-order chi connectivity index (χ1) is 18.5. The monoisotopic (exact) mass is 504 g/mol. The minimum absolute atomic E-state index is 0.0277. The van der Waals surface area contributed by atoms with Gasteiger partial charge in [-0.05, 0) is 72.0 Å². The Hall–Kier alpha value is -4.71. The number of aliphatic hydroxyl groups is 1. The molecule has 1 aliphatic heterocycles. The molecule has 3 aromatic carbocycles. The van der Waals surface area contributed by atoms with Crippen LogP contribution in [-0.2, 0) is 22.6 Å². The summed E-state index contributed by atoms with van der Waals surface area (Å²) in [6.45, 7) is 4.34. The van der Waals surface area contributed by atoms with Gasteiger partial charge in [-0.25, -0.2) is 0 Å². The van der Waals surface area contributed by atoms with Crippen molar-refractivity contribution in [2.75, 3.05) is 4.90 Å². The Morgan fingerprint density at radius 1 is 0.947 bits per heavy atom. The summed E-state index contributed by atoms with van der Waals surface area (Å²) in [6, 6.07) is 25.3. The van der Waals surface area contributed by atoms with Crippen molar-refractivity contribution >= 4 is 23.1 Å². The van der Waals surface area contributed by atoms with Crippen molar-refractivity contribution in [1.82, 2.24) is 4.98 Å². The van der Waals surface area contributed by atoms with Crippen molar-refractivity contribution in [3.05, 3.63) is 131 Å². The minimum Gasteiger partial charge on any atom is -0.507 e. The molecule has 0 spiro atoms. The fraction of sp³-hybridized carbons (Fsp3) is 0.156. The average molecular weight is 505 g/mol. The number of aryl methyl sites for hydroxylation is 2. The Morgan fingerprint density at radius 3 is 2.37 bits per heavy atom. The summed E-state index contributed by atoms with van der Waals surface area (Å²) in [4.78, 5) is 32.3. The number of benzene rings is 3. The molecule has 1 fully saturated rings. The summed E-state index contributed by atoms with van der Waals surface area (Å²) in [5.74, 6) is -0.990. The number of ketones is 1. The Balaban J connectivity index is 1.54. The molecule has 190 valence electrons. The number of ether oxygens (including phenoxy) is 1. The van der Waals surface area contributed by atoms with E-state index < -0.39 is 17.7 Å². The van der Waals surface area contributed by atoms with Crippen molar-refractivity contribution in [3.63, 3.8) is 0 Å². The topological polar surface area (TPSA) is 79.7 Å². The van der Waals surface area contributed by atoms with Crippen LogP contribution >= 0.6 is 0 Å². The number of pyridine rings is 1. The summed E-state index contributed by atoms with van der Waals surface area (Å²) in [7, 11) is 0. The Kier molecular flexibility index (Phi) is 7.05. The number of hydrogen-bond acceptors (Lipinski definition) is 5. The Morgan fingerprint density at radius 2 is 1.71 bits per heavy atom. The third-order valence-electron chi connectivity index (χ3n) is 6.75. The van der Waals surface area contributed by atoms with Gasteiger partial charge in [0.15, 0.2) is 0 Å². The van der Waals surface area contributed by atoms with Crippen LogP contribution in [0.4, 0.5) is 5.69 Å². The standard InChI is InChI=1S/C32H28N2O4/c1-3-22-11-14-26(15-12-22)34-29(25-10-7-17-33-19-25)28(31(36)32(34)37)30(35)24-13-16-27(21(2)18-24)38-20-23-8-5-4-6-9-23/h4-19,29,35H,3,20H2,1-2H3/b30-28-. The molecule has 6 nitrogen and oxygen atoms in total.